The summed E-state index contributed by atoms with van der Waals surface area (Å²) in [7, 11) is 0. The Hall–Kier alpha value is -1.83. The summed E-state index contributed by atoms with van der Waals surface area (Å²) in [5.41, 5.74) is 5.23. The Kier molecular flexibility index (Phi) is 4.12. The van der Waals surface area contributed by atoms with Crippen molar-refractivity contribution in [2.75, 3.05) is 19.6 Å². The number of hydrogen-bond donors (Lipinski definition) is 3. The molecule has 112 valence electrons. The van der Waals surface area contributed by atoms with Crippen LogP contribution in [0, 0.1) is 5.92 Å². The second kappa shape index (κ2) is 5.66. The summed E-state index contributed by atoms with van der Waals surface area (Å²) in [5.74, 6) is -1.70. The van der Waals surface area contributed by atoms with E-state index in [1.165, 1.54) is 9.80 Å². The lowest BCUT2D eigenvalue weighted by atomic mass is 9.96. The highest BCUT2D eigenvalue weighted by atomic mass is 16.4. The molecule has 8 heteroatoms. The number of carboxylic acid groups (broad SMARTS) is 1. The topological polar surface area (TPSA) is 124 Å². The average Bonchev–Trinajstić information content (AvgIpc) is 2.80. The number of rotatable bonds is 2. The predicted molar refractivity (Wildman–Crippen MR) is 67.6 cm³/mol. The molecule has 0 unspecified atom stereocenters. The normalized spacial score (nSPS) is 27.6. The molecule has 0 aliphatic carbocycles. The van der Waals surface area contributed by atoms with Crippen LogP contribution in [-0.4, -0.2) is 69.7 Å². The van der Waals surface area contributed by atoms with Gasteiger partial charge < -0.3 is 25.7 Å². The third-order valence-corrected chi connectivity index (χ3v) is 3.98. The smallest absolute Gasteiger partial charge is 0.326 e. The number of β-amino-alcohol motifs (C(OH)–C–C–N with tert-alkyl or cyclic N) is 1. The van der Waals surface area contributed by atoms with Crippen molar-refractivity contribution in [3.63, 3.8) is 0 Å². The lowest BCUT2D eigenvalue weighted by molar-refractivity contribution is -0.141. The zero-order valence-corrected chi connectivity index (χ0v) is 11.1. The van der Waals surface area contributed by atoms with Gasteiger partial charge in [0.15, 0.2) is 0 Å². The van der Waals surface area contributed by atoms with Crippen molar-refractivity contribution in [3.8, 4) is 0 Å². The maximum Gasteiger partial charge on any atom is 0.326 e. The first-order valence-corrected chi connectivity index (χ1v) is 6.66. The van der Waals surface area contributed by atoms with Crippen molar-refractivity contribution in [1.82, 2.24) is 9.80 Å². The Bertz CT molecular complexity index is 419. The van der Waals surface area contributed by atoms with Crippen LogP contribution in [0.2, 0.25) is 0 Å². The van der Waals surface area contributed by atoms with Crippen LogP contribution in [0.3, 0.4) is 0 Å². The second-order valence-electron chi connectivity index (χ2n) is 5.34. The van der Waals surface area contributed by atoms with E-state index in [1.807, 2.05) is 0 Å². The van der Waals surface area contributed by atoms with Crippen LogP contribution in [0.15, 0.2) is 0 Å². The maximum absolute atomic E-state index is 12.3. The van der Waals surface area contributed by atoms with Crippen molar-refractivity contribution in [3.05, 3.63) is 0 Å². The van der Waals surface area contributed by atoms with Gasteiger partial charge in [0.1, 0.15) is 6.04 Å². The van der Waals surface area contributed by atoms with Crippen LogP contribution in [0.4, 0.5) is 4.79 Å². The van der Waals surface area contributed by atoms with E-state index < -0.39 is 24.1 Å². The third-order valence-electron chi connectivity index (χ3n) is 3.98. The molecule has 0 aromatic heterocycles. The van der Waals surface area contributed by atoms with Gasteiger partial charge in [-0.3, -0.25) is 4.79 Å². The Balaban J connectivity index is 1.98. The number of aliphatic carboxylic acids is 1. The van der Waals surface area contributed by atoms with Crippen LogP contribution < -0.4 is 5.73 Å². The third kappa shape index (κ3) is 2.84. The van der Waals surface area contributed by atoms with E-state index in [2.05, 4.69) is 0 Å². The standard InChI is InChI=1S/C12H19N3O5/c13-10(17)7-1-3-14(4-2-7)12(20)15-6-8(16)5-9(15)11(18)19/h7-9,16H,1-6H2,(H2,13,17)(H,18,19)/t8-,9-/m0/s1. The fourth-order valence-electron chi connectivity index (χ4n) is 2.80. The molecule has 2 aliphatic rings. The summed E-state index contributed by atoms with van der Waals surface area (Å²) < 4.78 is 0. The van der Waals surface area contributed by atoms with Crippen LogP contribution in [0.5, 0.6) is 0 Å². The lowest BCUT2D eigenvalue weighted by Crippen LogP contribution is -2.51. The highest BCUT2D eigenvalue weighted by Gasteiger charge is 2.41. The first kappa shape index (κ1) is 14.6. The van der Waals surface area contributed by atoms with Gasteiger partial charge in [-0.25, -0.2) is 9.59 Å². The minimum atomic E-state index is -1.11. The van der Waals surface area contributed by atoms with Gasteiger partial charge >= 0.3 is 12.0 Å². The SMILES string of the molecule is NC(=O)C1CCN(C(=O)N2C[C@@H](O)C[C@H]2C(=O)O)CC1. The van der Waals surface area contributed by atoms with Gasteiger partial charge in [-0.2, -0.15) is 0 Å². The van der Waals surface area contributed by atoms with Gasteiger partial charge in [0, 0.05) is 32.0 Å². The molecule has 20 heavy (non-hydrogen) atoms. The van der Waals surface area contributed by atoms with Crippen molar-refractivity contribution >= 4 is 17.9 Å². The molecule has 0 aromatic rings. The molecular formula is C12H19N3O5. The monoisotopic (exact) mass is 285 g/mol. The Morgan fingerprint density at radius 3 is 2.25 bits per heavy atom. The predicted octanol–water partition coefficient (Wildman–Crippen LogP) is -1.18. The van der Waals surface area contributed by atoms with Gasteiger partial charge in [0.25, 0.3) is 0 Å². The molecule has 0 radical (unpaired) electrons. The van der Waals surface area contributed by atoms with Gasteiger partial charge in [0.05, 0.1) is 6.10 Å². The van der Waals surface area contributed by atoms with E-state index >= 15 is 0 Å². The highest BCUT2D eigenvalue weighted by Crippen LogP contribution is 2.23. The number of carbonyl (C=O) groups is 3. The molecule has 2 aliphatic heterocycles. The number of hydrogen-bond acceptors (Lipinski definition) is 4. The number of primary amides is 1. The van der Waals surface area contributed by atoms with Gasteiger partial charge in [0.2, 0.25) is 5.91 Å². The molecule has 3 amide bonds. The number of carbonyl (C=O) groups excluding carboxylic acids is 2. The van der Waals surface area contributed by atoms with E-state index in [4.69, 9.17) is 10.8 Å². The Morgan fingerprint density at radius 1 is 1.15 bits per heavy atom. The molecule has 0 saturated carbocycles. The summed E-state index contributed by atoms with van der Waals surface area (Å²) >= 11 is 0. The van der Waals surface area contributed by atoms with Crippen molar-refractivity contribution in [2.45, 2.75) is 31.4 Å². The molecule has 2 rings (SSSR count). The first-order valence-electron chi connectivity index (χ1n) is 6.66. The lowest BCUT2D eigenvalue weighted by Gasteiger charge is -2.34. The molecule has 2 saturated heterocycles. The quantitative estimate of drug-likeness (QED) is 0.589. The maximum atomic E-state index is 12.3. The summed E-state index contributed by atoms with van der Waals surface area (Å²) in [4.78, 5) is 37.2. The molecule has 2 atom stereocenters. The number of likely N-dealkylation sites (tertiary alicyclic amines) is 2. The molecule has 0 aromatic carbocycles. The van der Waals surface area contributed by atoms with E-state index in [0.29, 0.717) is 25.9 Å². The minimum absolute atomic E-state index is 0.0333. The summed E-state index contributed by atoms with van der Waals surface area (Å²) in [6.07, 6.45) is 0.242. The number of piperidine rings is 1. The molecular weight excluding hydrogens is 266 g/mol. The van der Waals surface area contributed by atoms with Crippen molar-refractivity contribution in [1.29, 1.82) is 0 Å². The number of amides is 3. The van der Waals surface area contributed by atoms with Gasteiger partial charge in [-0.05, 0) is 12.8 Å². The fraction of sp³-hybridized carbons (Fsp3) is 0.750. The van der Waals surface area contributed by atoms with Crippen LogP contribution in [-0.2, 0) is 9.59 Å². The second-order valence-corrected chi connectivity index (χ2v) is 5.34. The van der Waals surface area contributed by atoms with Gasteiger partial charge in [-0.1, -0.05) is 0 Å². The Morgan fingerprint density at radius 2 is 1.75 bits per heavy atom. The van der Waals surface area contributed by atoms with Crippen molar-refractivity contribution in [2.24, 2.45) is 11.7 Å². The van der Waals surface area contributed by atoms with E-state index in [0.717, 1.165) is 0 Å². The molecule has 0 spiro atoms. The highest BCUT2D eigenvalue weighted by molar-refractivity contribution is 5.84. The molecule has 8 nitrogen and oxygen atoms in total. The molecule has 2 fully saturated rings. The van der Waals surface area contributed by atoms with Crippen molar-refractivity contribution < 1.29 is 24.6 Å². The largest absolute Gasteiger partial charge is 0.480 e. The van der Waals surface area contributed by atoms with E-state index in [9.17, 15) is 19.5 Å². The van der Waals surface area contributed by atoms with Crippen LogP contribution >= 0.6 is 0 Å². The van der Waals surface area contributed by atoms with E-state index in [1.54, 1.807) is 0 Å². The molecule has 4 N–H and O–H groups in total. The zero-order chi connectivity index (χ0) is 14.9. The molecule has 0 bridgehead atoms. The summed E-state index contributed by atoms with van der Waals surface area (Å²) in [6, 6.07) is -1.37. The summed E-state index contributed by atoms with van der Waals surface area (Å²) in [5, 5.41) is 18.6. The average molecular weight is 285 g/mol. The van der Waals surface area contributed by atoms with Crippen LogP contribution in [0.1, 0.15) is 19.3 Å². The molecule has 2 heterocycles. The zero-order valence-electron chi connectivity index (χ0n) is 11.1. The number of nitrogens with zero attached hydrogens (tertiary/aromatic N) is 2. The van der Waals surface area contributed by atoms with E-state index in [-0.39, 0.29) is 24.8 Å². The number of carboxylic acids is 1. The van der Waals surface area contributed by atoms with Gasteiger partial charge in [-0.15, -0.1) is 0 Å². The van der Waals surface area contributed by atoms with Crippen LogP contribution in [0.25, 0.3) is 0 Å². The number of urea groups is 1. The minimum Gasteiger partial charge on any atom is -0.480 e. The fourth-order valence-corrected chi connectivity index (χ4v) is 2.80. The Labute approximate surface area is 116 Å². The number of aliphatic hydroxyl groups is 1. The summed E-state index contributed by atoms with van der Waals surface area (Å²) in [6.45, 7) is 0.794. The number of nitrogens with two attached hydrogens (primary N) is 1. The first-order chi connectivity index (χ1) is 9.40. The number of aliphatic hydroxyl groups excluding tert-OH is 1.